The first-order valence-electron chi connectivity index (χ1n) is 4.70. The van der Waals surface area contributed by atoms with E-state index in [1.54, 1.807) is 6.07 Å². The van der Waals surface area contributed by atoms with Gasteiger partial charge in [-0.1, -0.05) is 19.4 Å². The first-order chi connectivity index (χ1) is 6.69. The molecule has 14 heavy (non-hydrogen) atoms. The van der Waals surface area contributed by atoms with Crippen LogP contribution < -0.4 is 4.74 Å². The highest BCUT2D eigenvalue weighted by molar-refractivity contribution is 5.30. The average Bonchev–Trinajstić information content (AvgIpc) is 2.18. The minimum Gasteiger partial charge on any atom is -0.494 e. The van der Waals surface area contributed by atoms with Gasteiger partial charge in [0.05, 0.1) is 13.2 Å². The number of benzene rings is 1. The summed E-state index contributed by atoms with van der Waals surface area (Å²) in [5.74, 6) is -0.224. The molecular formula is C11H15FO2. The zero-order valence-electron chi connectivity index (χ0n) is 8.46. The van der Waals surface area contributed by atoms with E-state index in [0.29, 0.717) is 12.0 Å². The van der Waals surface area contributed by atoms with Gasteiger partial charge < -0.3 is 9.84 Å². The van der Waals surface area contributed by atoms with Crippen LogP contribution in [-0.4, -0.2) is 12.2 Å². The first kappa shape index (κ1) is 11.0. The van der Waals surface area contributed by atoms with Gasteiger partial charge >= 0.3 is 0 Å². The van der Waals surface area contributed by atoms with Crippen LogP contribution in [0.4, 0.5) is 4.39 Å². The van der Waals surface area contributed by atoms with Gasteiger partial charge in [0, 0.05) is 0 Å². The van der Waals surface area contributed by atoms with E-state index in [4.69, 9.17) is 4.74 Å². The average molecular weight is 198 g/mol. The summed E-state index contributed by atoms with van der Waals surface area (Å²) < 4.78 is 18.0. The normalized spacial score (nSPS) is 12.6. The van der Waals surface area contributed by atoms with Crippen LogP contribution in [0.1, 0.15) is 31.4 Å². The molecule has 0 bridgehead atoms. The molecule has 78 valence electrons. The lowest BCUT2D eigenvalue weighted by molar-refractivity contribution is 0.166. The molecule has 0 aliphatic rings. The zero-order chi connectivity index (χ0) is 10.6. The van der Waals surface area contributed by atoms with Gasteiger partial charge in [0.1, 0.15) is 0 Å². The van der Waals surface area contributed by atoms with Crippen molar-refractivity contribution in [1.29, 1.82) is 0 Å². The van der Waals surface area contributed by atoms with Gasteiger partial charge in [-0.05, 0) is 24.1 Å². The molecule has 0 saturated carbocycles. The highest BCUT2D eigenvalue weighted by Crippen LogP contribution is 2.23. The predicted molar refractivity (Wildman–Crippen MR) is 52.8 cm³/mol. The Morgan fingerprint density at radius 3 is 2.71 bits per heavy atom. The van der Waals surface area contributed by atoms with Crippen LogP contribution in [0.2, 0.25) is 0 Å². The van der Waals surface area contributed by atoms with Crippen molar-refractivity contribution in [1.82, 2.24) is 0 Å². The summed E-state index contributed by atoms with van der Waals surface area (Å²) in [6.07, 6.45) is 0.932. The number of aliphatic hydroxyl groups excluding tert-OH is 1. The first-order valence-corrected chi connectivity index (χ1v) is 4.70. The number of ether oxygens (including phenoxy) is 1. The molecule has 0 aliphatic heterocycles. The maximum atomic E-state index is 13.2. The lowest BCUT2D eigenvalue weighted by Gasteiger charge is -2.10. The van der Waals surface area contributed by atoms with Gasteiger partial charge in [0.2, 0.25) is 0 Å². The van der Waals surface area contributed by atoms with Crippen LogP contribution in [0.25, 0.3) is 0 Å². The highest BCUT2D eigenvalue weighted by atomic mass is 19.1. The van der Waals surface area contributed by atoms with E-state index in [2.05, 4.69) is 0 Å². The standard InChI is InChI=1S/C11H15FO2/c1-3-4-10(13)8-5-6-11(14-2)9(12)7-8/h5-7,10,13H,3-4H2,1-2H3. The Morgan fingerprint density at radius 2 is 2.21 bits per heavy atom. The van der Waals surface area contributed by atoms with Crippen molar-refractivity contribution in [2.75, 3.05) is 7.11 Å². The largest absolute Gasteiger partial charge is 0.494 e. The smallest absolute Gasteiger partial charge is 0.165 e. The van der Waals surface area contributed by atoms with Gasteiger partial charge in [-0.2, -0.15) is 0 Å². The van der Waals surface area contributed by atoms with Crippen molar-refractivity contribution < 1.29 is 14.2 Å². The number of hydrogen-bond acceptors (Lipinski definition) is 2. The molecule has 1 rings (SSSR count). The second-order valence-electron chi connectivity index (χ2n) is 3.20. The summed E-state index contributed by atoms with van der Waals surface area (Å²) in [4.78, 5) is 0. The summed E-state index contributed by atoms with van der Waals surface area (Å²) in [7, 11) is 1.42. The second kappa shape index (κ2) is 4.96. The predicted octanol–water partition coefficient (Wildman–Crippen LogP) is 2.67. The van der Waals surface area contributed by atoms with Gasteiger partial charge in [0.15, 0.2) is 11.6 Å². The third-order valence-electron chi connectivity index (χ3n) is 2.12. The van der Waals surface area contributed by atoms with Crippen LogP contribution in [0, 0.1) is 5.82 Å². The van der Waals surface area contributed by atoms with Crippen molar-refractivity contribution in [3.63, 3.8) is 0 Å². The molecule has 3 heteroatoms. The molecule has 0 amide bonds. The highest BCUT2D eigenvalue weighted by Gasteiger charge is 2.09. The van der Waals surface area contributed by atoms with Crippen LogP contribution in [0.3, 0.4) is 0 Å². The number of halogens is 1. The van der Waals surface area contributed by atoms with Crippen molar-refractivity contribution in [2.45, 2.75) is 25.9 Å². The van der Waals surface area contributed by atoms with Gasteiger partial charge in [0.25, 0.3) is 0 Å². The molecule has 0 saturated heterocycles. The topological polar surface area (TPSA) is 29.5 Å². The summed E-state index contributed by atoms with van der Waals surface area (Å²) in [6, 6.07) is 4.53. The van der Waals surface area contributed by atoms with Gasteiger partial charge in [-0.25, -0.2) is 4.39 Å². The number of rotatable bonds is 4. The molecule has 2 nitrogen and oxygen atoms in total. The fourth-order valence-electron chi connectivity index (χ4n) is 1.33. The van der Waals surface area contributed by atoms with Crippen molar-refractivity contribution in [2.24, 2.45) is 0 Å². The maximum Gasteiger partial charge on any atom is 0.165 e. The Labute approximate surface area is 83.3 Å². The van der Waals surface area contributed by atoms with Gasteiger partial charge in [-0.15, -0.1) is 0 Å². The van der Waals surface area contributed by atoms with E-state index in [-0.39, 0.29) is 5.75 Å². The molecule has 0 heterocycles. The van der Waals surface area contributed by atoms with E-state index in [0.717, 1.165) is 6.42 Å². The Hall–Kier alpha value is -1.09. The molecular weight excluding hydrogens is 183 g/mol. The summed E-state index contributed by atoms with van der Waals surface area (Å²) in [5, 5.41) is 9.60. The molecule has 0 radical (unpaired) electrons. The Balaban J connectivity index is 2.85. The van der Waals surface area contributed by atoms with Crippen LogP contribution in [0.15, 0.2) is 18.2 Å². The quantitative estimate of drug-likeness (QED) is 0.806. The third kappa shape index (κ3) is 2.45. The minimum atomic E-state index is -0.583. The minimum absolute atomic E-state index is 0.206. The van der Waals surface area contributed by atoms with Crippen molar-refractivity contribution in [3.05, 3.63) is 29.6 Å². The molecule has 0 spiro atoms. The van der Waals surface area contributed by atoms with Gasteiger partial charge in [-0.3, -0.25) is 0 Å². The van der Waals surface area contributed by atoms with Crippen LogP contribution >= 0.6 is 0 Å². The second-order valence-corrected chi connectivity index (χ2v) is 3.20. The lowest BCUT2D eigenvalue weighted by atomic mass is 10.1. The number of methoxy groups -OCH3 is 1. The molecule has 1 N–H and O–H groups in total. The number of aliphatic hydroxyl groups is 1. The third-order valence-corrected chi connectivity index (χ3v) is 2.12. The molecule has 0 fully saturated rings. The molecule has 1 aromatic carbocycles. The van der Waals surface area contributed by atoms with Crippen molar-refractivity contribution in [3.8, 4) is 5.75 Å². The molecule has 1 atom stereocenters. The lowest BCUT2D eigenvalue weighted by Crippen LogP contribution is -1.98. The molecule has 0 aromatic heterocycles. The van der Waals surface area contributed by atoms with E-state index < -0.39 is 11.9 Å². The van der Waals surface area contributed by atoms with E-state index in [1.165, 1.54) is 19.2 Å². The summed E-state index contributed by atoms with van der Waals surface area (Å²) >= 11 is 0. The zero-order valence-corrected chi connectivity index (χ0v) is 8.46. The molecule has 1 aromatic rings. The van der Waals surface area contributed by atoms with E-state index in [9.17, 15) is 9.50 Å². The Kier molecular flexibility index (Phi) is 3.89. The van der Waals surface area contributed by atoms with E-state index >= 15 is 0 Å². The fraction of sp³-hybridized carbons (Fsp3) is 0.455. The summed E-state index contributed by atoms with van der Waals surface area (Å²) in [5.41, 5.74) is 0.602. The SMILES string of the molecule is CCCC(O)c1ccc(OC)c(F)c1. The molecule has 0 aliphatic carbocycles. The Bertz CT molecular complexity index is 299. The molecule has 1 unspecified atom stereocenters. The fourth-order valence-corrected chi connectivity index (χ4v) is 1.33. The number of hydrogen-bond donors (Lipinski definition) is 1. The monoisotopic (exact) mass is 198 g/mol. The van der Waals surface area contributed by atoms with E-state index in [1.807, 2.05) is 6.92 Å². The van der Waals surface area contributed by atoms with Crippen molar-refractivity contribution >= 4 is 0 Å². The van der Waals surface area contributed by atoms with Crippen LogP contribution in [0.5, 0.6) is 5.75 Å². The Morgan fingerprint density at radius 1 is 1.50 bits per heavy atom. The van der Waals surface area contributed by atoms with Crippen LogP contribution in [-0.2, 0) is 0 Å². The maximum absolute atomic E-state index is 13.2. The summed E-state index contributed by atoms with van der Waals surface area (Å²) in [6.45, 7) is 1.98.